The molecule has 164 valence electrons. The molecule has 33 heavy (non-hydrogen) atoms. The Hall–Kier alpha value is -3.83. The van der Waals surface area contributed by atoms with Gasteiger partial charge >= 0.3 is 6.03 Å². The van der Waals surface area contributed by atoms with Crippen LogP contribution in [0, 0.1) is 0 Å². The zero-order chi connectivity index (χ0) is 22.6. The van der Waals surface area contributed by atoms with Crippen LogP contribution in [-0.4, -0.2) is 15.5 Å². The van der Waals surface area contributed by atoms with Crippen molar-refractivity contribution in [2.45, 2.75) is 13.1 Å². The quantitative estimate of drug-likeness (QED) is 0.293. The van der Waals surface area contributed by atoms with E-state index in [2.05, 4.69) is 70.8 Å². The third kappa shape index (κ3) is 4.41. The third-order valence-corrected chi connectivity index (χ3v) is 6.72. The second kappa shape index (κ2) is 9.35. The number of hydrogen-bond acceptors (Lipinski definition) is 2. The van der Waals surface area contributed by atoms with E-state index in [1.165, 1.54) is 15.8 Å². The molecule has 0 atom stereocenters. The number of urea groups is 1. The summed E-state index contributed by atoms with van der Waals surface area (Å²) in [4.78, 5) is 16.6. The van der Waals surface area contributed by atoms with Gasteiger partial charge in [-0.05, 0) is 35.2 Å². The van der Waals surface area contributed by atoms with Gasteiger partial charge in [0.1, 0.15) is 0 Å². The Morgan fingerprint density at radius 2 is 1.55 bits per heavy atom. The maximum Gasteiger partial charge on any atom is 0.322 e. The Morgan fingerprint density at radius 3 is 2.27 bits per heavy atom. The first kappa shape index (κ1) is 21.0. The molecule has 2 heterocycles. The molecule has 0 unspecified atom stereocenters. The summed E-state index contributed by atoms with van der Waals surface area (Å²) in [6.07, 6.45) is 0. The number of carbonyl (C=O) groups is 1. The lowest BCUT2D eigenvalue weighted by atomic mass is 10.1. The van der Waals surface area contributed by atoms with Crippen molar-refractivity contribution in [3.05, 3.63) is 114 Å². The average Bonchev–Trinajstić information content (AvgIpc) is 3.47. The third-order valence-electron chi connectivity index (χ3n) is 5.84. The molecule has 0 bridgehead atoms. The number of nitrogens with one attached hydrogen (secondary N) is 1. The number of aromatic nitrogens is 1. The van der Waals surface area contributed by atoms with Gasteiger partial charge in [-0.3, -0.25) is 0 Å². The molecule has 0 saturated carbocycles. The molecule has 4 nitrogen and oxygen atoms in total. The lowest BCUT2D eigenvalue weighted by Crippen LogP contribution is -2.34. The van der Waals surface area contributed by atoms with Crippen LogP contribution >= 0.6 is 11.3 Å². The molecular formula is C28H25N3OS. The van der Waals surface area contributed by atoms with Gasteiger partial charge in [0.15, 0.2) is 0 Å². The molecule has 0 spiro atoms. The van der Waals surface area contributed by atoms with Gasteiger partial charge in [-0.1, -0.05) is 72.8 Å². The van der Waals surface area contributed by atoms with E-state index in [0.717, 1.165) is 22.5 Å². The highest BCUT2D eigenvalue weighted by Crippen LogP contribution is 2.36. The van der Waals surface area contributed by atoms with Crippen molar-refractivity contribution in [2.24, 2.45) is 7.05 Å². The zero-order valence-corrected chi connectivity index (χ0v) is 19.3. The number of nitrogens with zero attached hydrogens (tertiary/aromatic N) is 2. The number of benzene rings is 3. The fourth-order valence-corrected chi connectivity index (χ4v) is 5.11. The van der Waals surface area contributed by atoms with Crippen LogP contribution in [0.4, 0.5) is 10.5 Å². The van der Waals surface area contributed by atoms with Crippen LogP contribution in [0.25, 0.3) is 21.5 Å². The van der Waals surface area contributed by atoms with E-state index in [-0.39, 0.29) is 6.03 Å². The van der Waals surface area contributed by atoms with Crippen LogP contribution < -0.4 is 5.32 Å². The van der Waals surface area contributed by atoms with Crippen molar-refractivity contribution in [2.75, 3.05) is 5.32 Å². The monoisotopic (exact) mass is 451 g/mol. The topological polar surface area (TPSA) is 37.3 Å². The van der Waals surface area contributed by atoms with Crippen molar-refractivity contribution in [1.82, 2.24) is 9.47 Å². The Bertz CT molecular complexity index is 1360. The Morgan fingerprint density at radius 1 is 0.848 bits per heavy atom. The van der Waals surface area contributed by atoms with E-state index in [1.807, 2.05) is 53.4 Å². The molecular weight excluding hydrogens is 426 g/mol. The minimum absolute atomic E-state index is 0.116. The average molecular weight is 452 g/mol. The fourth-order valence-electron chi connectivity index (χ4n) is 4.28. The summed E-state index contributed by atoms with van der Waals surface area (Å²) in [5, 5.41) is 6.35. The van der Waals surface area contributed by atoms with Gasteiger partial charge in [0, 0.05) is 35.7 Å². The van der Waals surface area contributed by atoms with Gasteiger partial charge in [-0.25, -0.2) is 4.79 Å². The minimum atomic E-state index is -0.116. The van der Waals surface area contributed by atoms with Crippen molar-refractivity contribution < 1.29 is 4.79 Å². The van der Waals surface area contributed by atoms with E-state index in [1.54, 1.807) is 11.3 Å². The van der Waals surface area contributed by atoms with Crippen molar-refractivity contribution in [3.63, 3.8) is 0 Å². The van der Waals surface area contributed by atoms with Crippen molar-refractivity contribution in [1.29, 1.82) is 0 Å². The number of anilines is 1. The normalized spacial score (nSPS) is 10.9. The van der Waals surface area contributed by atoms with Crippen LogP contribution in [0.5, 0.6) is 0 Å². The standard InChI is InChI=1S/C28H25N3OS/c1-30-25-16-9-8-15-23(25)24(27(30)26-17-10-18-33-26)20-31(19-21-11-4-2-5-12-21)28(32)29-22-13-6-3-7-14-22/h2-18H,19-20H2,1H3,(H,29,32). The maximum atomic E-state index is 13.5. The van der Waals surface area contributed by atoms with Gasteiger partial charge < -0.3 is 14.8 Å². The summed E-state index contributed by atoms with van der Waals surface area (Å²) in [5.74, 6) is 0. The van der Waals surface area contributed by atoms with Gasteiger partial charge in [-0.15, -0.1) is 11.3 Å². The van der Waals surface area contributed by atoms with E-state index < -0.39 is 0 Å². The van der Waals surface area contributed by atoms with E-state index in [4.69, 9.17) is 0 Å². The number of para-hydroxylation sites is 2. The molecule has 2 amide bonds. The first-order chi connectivity index (χ1) is 16.2. The lowest BCUT2D eigenvalue weighted by Gasteiger charge is -2.24. The molecule has 5 heteroatoms. The second-order valence-corrected chi connectivity index (χ2v) is 8.97. The maximum absolute atomic E-state index is 13.5. The SMILES string of the molecule is Cn1c(-c2cccs2)c(CN(Cc2ccccc2)C(=O)Nc2ccccc2)c2ccccc21. The molecule has 0 saturated heterocycles. The molecule has 5 rings (SSSR count). The van der Waals surface area contributed by atoms with Crippen molar-refractivity contribution in [3.8, 4) is 10.6 Å². The Balaban J connectivity index is 1.56. The molecule has 3 aromatic carbocycles. The first-order valence-electron chi connectivity index (χ1n) is 11.0. The molecule has 0 fully saturated rings. The number of carbonyl (C=O) groups excluding carboxylic acids is 1. The number of hydrogen-bond donors (Lipinski definition) is 1. The summed E-state index contributed by atoms with van der Waals surface area (Å²) < 4.78 is 2.24. The molecule has 0 radical (unpaired) electrons. The van der Waals surface area contributed by atoms with Gasteiger partial charge in [0.2, 0.25) is 0 Å². The largest absolute Gasteiger partial charge is 0.343 e. The molecule has 0 aliphatic carbocycles. The first-order valence-corrected chi connectivity index (χ1v) is 11.8. The highest BCUT2D eigenvalue weighted by molar-refractivity contribution is 7.13. The van der Waals surface area contributed by atoms with E-state index in [0.29, 0.717) is 13.1 Å². The predicted molar refractivity (Wildman–Crippen MR) is 137 cm³/mol. The number of aryl methyl sites for hydroxylation is 1. The minimum Gasteiger partial charge on any atom is -0.343 e. The summed E-state index contributed by atoms with van der Waals surface area (Å²) >= 11 is 1.72. The summed E-state index contributed by atoms with van der Waals surface area (Å²) in [6, 6.07) is 32.3. The summed E-state index contributed by atoms with van der Waals surface area (Å²) in [5.41, 5.74) is 5.38. The molecule has 5 aromatic rings. The van der Waals surface area contributed by atoms with Crippen molar-refractivity contribution >= 4 is 34.0 Å². The van der Waals surface area contributed by atoms with Crippen LogP contribution in [-0.2, 0) is 20.1 Å². The lowest BCUT2D eigenvalue weighted by molar-refractivity contribution is 0.206. The number of amides is 2. The molecule has 0 aliphatic heterocycles. The highest BCUT2D eigenvalue weighted by Gasteiger charge is 2.22. The van der Waals surface area contributed by atoms with Crippen LogP contribution in [0.1, 0.15) is 11.1 Å². The van der Waals surface area contributed by atoms with Crippen LogP contribution in [0.2, 0.25) is 0 Å². The summed E-state index contributed by atoms with van der Waals surface area (Å²) in [7, 11) is 2.10. The second-order valence-electron chi connectivity index (χ2n) is 8.02. The highest BCUT2D eigenvalue weighted by atomic mass is 32.1. The number of rotatable bonds is 6. The number of fused-ring (bicyclic) bond motifs is 1. The van der Waals surface area contributed by atoms with Gasteiger partial charge in [0.25, 0.3) is 0 Å². The predicted octanol–water partition coefficient (Wildman–Crippen LogP) is 7.14. The summed E-state index contributed by atoms with van der Waals surface area (Å²) in [6.45, 7) is 1.02. The van der Waals surface area contributed by atoms with Crippen LogP contribution in [0.15, 0.2) is 102 Å². The number of thiophene rings is 1. The fraction of sp³-hybridized carbons (Fsp3) is 0.107. The zero-order valence-electron chi connectivity index (χ0n) is 18.4. The van der Waals surface area contributed by atoms with Crippen LogP contribution in [0.3, 0.4) is 0 Å². The molecule has 0 aliphatic rings. The Labute approximate surface area is 197 Å². The van der Waals surface area contributed by atoms with Gasteiger partial charge in [-0.2, -0.15) is 0 Å². The molecule has 1 N–H and O–H groups in total. The van der Waals surface area contributed by atoms with E-state index >= 15 is 0 Å². The van der Waals surface area contributed by atoms with E-state index in [9.17, 15) is 4.79 Å². The smallest absolute Gasteiger partial charge is 0.322 e. The Kier molecular flexibility index (Phi) is 5.96. The molecule has 2 aromatic heterocycles. The van der Waals surface area contributed by atoms with Gasteiger partial charge in [0.05, 0.1) is 17.1 Å².